The van der Waals surface area contributed by atoms with Crippen LogP contribution < -0.4 is 0 Å². The number of ketones is 1. The first-order valence-electron chi connectivity index (χ1n) is 4.72. The molecule has 0 heterocycles. The Hall–Kier alpha value is -0.0400. The number of carbonyl (C=O) groups is 1. The van der Waals surface area contributed by atoms with Crippen molar-refractivity contribution in [1.29, 1.82) is 0 Å². The van der Waals surface area contributed by atoms with Crippen molar-refractivity contribution < 1.29 is 4.79 Å². The molecule has 1 aliphatic rings. The lowest BCUT2D eigenvalue weighted by Crippen LogP contribution is -2.29. The summed E-state index contributed by atoms with van der Waals surface area (Å²) in [5, 5.41) is 0. The molecule has 1 saturated carbocycles. The highest BCUT2D eigenvalue weighted by atomic mass is 35.5. The predicted octanol–water partition coefficient (Wildman–Crippen LogP) is 2.87. The number of Topliss-reactive ketones (excluding diaryl/α,β-unsaturated/α-hetero) is 1. The van der Waals surface area contributed by atoms with E-state index in [4.69, 9.17) is 11.6 Å². The lowest BCUT2D eigenvalue weighted by atomic mass is 9.74. The molecule has 0 spiro atoms. The molecule has 0 aromatic rings. The summed E-state index contributed by atoms with van der Waals surface area (Å²) in [5.74, 6) is 2.82. The Morgan fingerprint density at radius 1 is 1.58 bits per heavy atom. The molecule has 0 bridgehead atoms. The number of halogens is 1. The van der Waals surface area contributed by atoms with Crippen LogP contribution in [0.2, 0.25) is 0 Å². The van der Waals surface area contributed by atoms with Crippen LogP contribution >= 0.6 is 11.6 Å². The van der Waals surface area contributed by atoms with Crippen molar-refractivity contribution in [3.8, 4) is 0 Å². The van der Waals surface area contributed by atoms with Gasteiger partial charge in [0.05, 0.1) is 0 Å². The van der Waals surface area contributed by atoms with Gasteiger partial charge < -0.3 is 0 Å². The minimum atomic E-state index is 0.401. The maximum Gasteiger partial charge on any atom is 0.133 e. The first-order chi connectivity index (χ1) is 5.65. The standard InChI is InChI=1S/C10H17ClO/c1-7(2)10-4-3-9(12)5-8(10)6-11/h7-8,10H,3-6H2,1-2H3. The topological polar surface area (TPSA) is 17.1 Å². The van der Waals surface area contributed by atoms with Gasteiger partial charge in [-0.05, 0) is 24.2 Å². The van der Waals surface area contributed by atoms with Gasteiger partial charge in [0.15, 0.2) is 0 Å². The van der Waals surface area contributed by atoms with E-state index in [1.165, 1.54) is 0 Å². The molecule has 2 heteroatoms. The number of carbonyl (C=O) groups excluding carboxylic acids is 1. The van der Waals surface area contributed by atoms with Gasteiger partial charge in [0.1, 0.15) is 5.78 Å². The van der Waals surface area contributed by atoms with Crippen molar-refractivity contribution in [3.05, 3.63) is 0 Å². The first-order valence-corrected chi connectivity index (χ1v) is 5.26. The molecule has 0 N–H and O–H groups in total. The molecule has 0 radical (unpaired) electrons. The number of hydrogen-bond acceptors (Lipinski definition) is 1. The molecular formula is C10H17ClO. The molecule has 1 fully saturated rings. The van der Waals surface area contributed by atoms with E-state index in [0.29, 0.717) is 35.8 Å². The summed E-state index contributed by atoms with van der Waals surface area (Å²) in [6, 6.07) is 0. The summed E-state index contributed by atoms with van der Waals surface area (Å²) < 4.78 is 0. The van der Waals surface area contributed by atoms with Crippen LogP contribution in [0.1, 0.15) is 33.1 Å². The second-order valence-electron chi connectivity index (χ2n) is 4.10. The maximum atomic E-state index is 11.1. The Balaban J connectivity index is 2.56. The molecule has 1 nitrogen and oxygen atoms in total. The van der Waals surface area contributed by atoms with Gasteiger partial charge in [-0.2, -0.15) is 0 Å². The van der Waals surface area contributed by atoms with E-state index in [2.05, 4.69) is 13.8 Å². The van der Waals surface area contributed by atoms with Gasteiger partial charge in [-0.25, -0.2) is 0 Å². The lowest BCUT2D eigenvalue weighted by Gasteiger charge is -2.32. The fourth-order valence-corrected chi connectivity index (χ4v) is 2.49. The van der Waals surface area contributed by atoms with E-state index >= 15 is 0 Å². The highest BCUT2D eigenvalue weighted by Gasteiger charge is 2.30. The number of hydrogen-bond donors (Lipinski definition) is 0. The summed E-state index contributed by atoms with van der Waals surface area (Å²) in [6.07, 6.45) is 2.54. The van der Waals surface area contributed by atoms with Crippen LogP contribution in [0.5, 0.6) is 0 Å². The molecule has 0 aromatic heterocycles. The van der Waals surface area contributed by atoms with Crippen molar-refractivity contribution in [2.45, 2.75) is 33.1 Å². The molecule has 0 saturated heterocycles. The molecule has 1 aliphatic carbocycles. The van der Waals surface area contributed by atoms with Crippen molar-refractivity contribution in [1.82, 2.24) is 0 Å². The zero-order valence-corrected chi connectivity index (χ0v) is 8.60. The monoisotopic (exact) mass is 188 g/mol. The Kier molecular flexibility index (Phi) is 3.57. The summed E-state index contributed by atoms with van der Waals surface area (Å²) >= 11 is 5.83. The van der Waals surface area contributed by atoms with Gasteiger partial charge in [-0.15, -0.1) is 11.6 Å². The Bertz CT molecular complexity index is 165. The van der Waals surface area contributed by atoms with E-state index in [-0.39, 0.29) is 0 Å². The van der Waals surface area contributed by atoms with Crippen LogP contribution in [-0.2, 0) is 4.79 Å². The third-order valence-electron chi connectivity index (χ3n) is 2.91. The van der Waals surface area contributed by atoms with Gasteiger partial charge in [-0.1, -0.05) is 13.8 Å². The van der Waals surface area contributed by atoms with E-state index in [1.807, 2.05) is 0 Å². The normalized spacial score (nSPS) is 31.2. The van der Waals surface area contributed by atoms with Crippen LogP contribution in [0.3, 0.4) is 0 Å². The Labute approximate surface area is 79.5 Å². The molecule has 0 aromatic carbocycles. The van der Waals surface area contributed by atoms with E-state index in [9.17, 15) is 4.79 Å². The summed E-state index contributed by atoms with van der Waals surface area (Å²) in [4.78, 5) is 11.1. The average molecular weight is 189 g/mol. The lowest BCUT2D eigenvalue weighted by molar-refractivity contribution is -0.122. The summed E-state index contributed by atoms with van der Waals surface area (Å²) in [6.45, 7) is 4.44. The van der Waals surface area contributed by atoms with Gasteiger partial charge in [0, 0.05) is 18.7 Å². The third-order valence-corrected chi connectivity index (χ3v) is 3.30. The van der Waals surface area contributed by atoms with Crippen molar-refractivity contribution in [2.24, 2.45) is 17.8 Å². The third kappa shape index (κ3) is 2.22. The van der Waals surface area contributed by atoms with E-state index in [0.717, 1.165) is 12.8 Å². The zero-order chi connectivity index (χ0) is 9.14. The molecule has 0 amide bonds. The number of alkyl halides is 1. The van der Waals surface area contributed by atoms with Crippen molar-refractivity contribution in [2.75, 3.05) is 5.88 Å². The van der Waals surface area contributed by atoms with Crippen molar-refractivity contribution in [3.63, 3.8) is 0 Å². The van der Waals surface area contributed by atoms with E-state index in [1.54, 1.807) is 0 Å². The highest BCUT2D eigenvalue weighted by Crippen LogP contribution is 2.34. The second-order valence-corrected chi connectivity index (χ2v) is 4.41. The summed E-state index contributed by atoms with van der Waals surface area (Å²) in [7, 11) is 0. The fraction of sp³-hybridized carbons (Fsp3) is 0.900. The second kappa shape index (κ2) is 4.27. The van der Waals surface area contributed by atoms with E-state index < -0.39 is 0 Å². The molecular weight excluding hydrogens is 172 g/mol. The van der Waals surface area contributed by atoms with Crippen LogP contribution in [0.15, 0.2) is 0 Å². The maximum absolute atomic E-state index is 11.1. The smallest absolute Gasteiger partial charge is 0.133 e. The fourth-order valence-electron chi connectivity index (χ4n) is 2.16. The molecule has 2 unspecified atom stereocenters. The van der Waals surface area contributed by atoms with Gasteiger partial charge in [0.25, 0.3) is 0 Å². The Morgan fingerprint density at radius 2 is 2.25 bits per heavy atom. The zero-order valence-electron chi connectivity index (χ0n) is 7.85. The predicted molar refractivity (Wildman–Crippen MR) is 51.4 cm³/mol. The van der Waals surface area contributed by atoms with Gasteiger partial charge in [-0.3, -0.25) is 4.79 Å². The summed E-state index contributed by atoms with van der Waals surface area (Å²) in [5.41, 5.74) is 0. The highest BCUT2D eigenvalue weighted by molar-refractivity contribution is 6.18. The molecule has 0 aliphatic heterocycles. The van der Waals surface area contributed by atoms with Crippen LogP contribution in [0.25, 0.3) is 0 Å². The first kappa shape index (κ1) is 10.0. The minimum absolute atomic E-state index is 0.401. The van der Waals surface area contributed by atoms with Gasteiger partial charge >= 0.3 is 0 Å². The molecule has 70 valence electrons. The van der Waals surface area contributed by atoms with Crippen LogP contribution in [0, 0.1) is 17.8 Å². The van der Waals surface area contributed by atoms with Gasteiger partial charge in [0.2, 0.25) is 0 Å². The Morgan fingerprint density at radius 3 is 2.75 bits per heavy atom. The number of rotatable bonds is 2. The molecule has 2 atom stereocenters. The van der Waals surface area contributed by atoms with Crippen molar-refractivity contribution >= 4 is 17.4 Å². The van der Waals surface area contributed by atoms with Crippen LogP contribution in [0.4, 0.5) is 0 Å². The average Bonchev–Trinajstić information content (AvgIpc) is 2.03. The minimum Gasteiger partial charge on any atom is -0.300 e. The molecule has 12 heavy (non-hydrogen) atoms. The quantitative estimate of drug-likeness (QED) is 0.610. The largest absolute Gasteiger partial charge is 0.300 e. The molecule has 1 rings (SSSR count). The SMILES string of the molecule is CC(C)C1CCC(=O)CC1CCl. The van der Waals surface area contributed by atoms with Crippen LogP contribution in [-0.4, -0.2) is 11.7 Å².